The number of carboxylic acids is 1. The molecule has 0 aromatic heterocycles. The van der Waals surface area contributed by atoms with Crippen LogP contribution in [0.3, 0.4) is 0 Å². The molecule has 0 heterocycles. The predicted molar refractivity (Wildman–Crippen MR) is 112 cm³/mol. The first-order valence-electron chi connectivity index (χ1n) is 9.14. The molecule has 3 unspecified atom stereocenters. The lowest BCUT2D eigenvalue weighted by molar-refractivity contribution is -0.142. The highest BCUT2D eigenvalue weighted by Crippen LogP contribution is 2.03. The number of nitrogens with one attached hydrogen (secondary N) is 3. The van der Waals surface area contributed by atoms with Crippen LogP contribution in [0.15, 0.2) is 4.99 Å². The minimum atomic E-state index is -1.40. The second kappa shape index (κ2) is 15.3. The highest BCUT2D eigenvalue weighted by molar-refractivity contribution is 7.98. The molecule has 0 aliphatic heterocycles. The zero-order valence-corrected chi connectivity index (χ0v) is 17.6. The van der Waals surface area contributed by atoms with Crippen LogP contribution in [-0.4, -0.2) is 89.7 Å². The van der Waals surface area contributed by atoms with Crippen molar-refractivity contribution in [3.05, 3.63) is 0 Å². The van der Waals surface area contributed by atoms with Crippen molar-refractivity contribution < 1.29 is 29.4 Å². The number of nitrogens with two attached hydrogens (primary N) is 3. The molecular formula is C16H31N7O6S. The normalized spacial score (nSPS) is 13.4. The molecule has 0 aromatic carbocycles. The largest absolute Gasteiger partial charge is 0.480 e. The number of guanidine groups is 1. The van der Waals surface area contributed by atoms with Gasteiger partial charge in [-0.25, -0.2) is 4.79 Å². The summed E-state index contributed by atoms with van der Waals surface area (Å²) in [4.78, 5) is 51.5. The molecule has 0 fully saturated rings. The Balaban J connectivity index is 5.06. The number of carboxylic acid groups (broad SMARTS) is 1. The topological polar surface area (TPSA) is 235 Å². The summed E-state index contributed by atoms with van der Waals surface area (Å²) in [5.41, 5.74) is 15.7. The van der Waals surface area contributed by atoms with Crippen LogP contribution in [0.5, 0.6) is 0 Å². The molecule has 0 aliphatic rings. The Labute approximate surface area is 178 Å². The second-order valence-electron chi connectivity index (χ2n) is 6.20. The van der Waals surface area contributed by atoms with Gasteiger partial charge >= 0.3 is 5.97 Å². The summed E-state index contributed by atoms with van der Waals surface area (Å²) in [6.07, 6.45) is 2.45. The molecule has 172 valence electrons. The highest BCUT2D eigenvalue weighted by Gasteiger charge is 2.28. The van der Waals surface area contributed by atoms with Crippen LogP contribution in [0.2, 0.25) is 0 Å². The van der Waals surface area contributed by atoms with Crippen LogP contribution in [0.4, 0.5) is 0 Å². The fraction of sp³-hybridized carbons (Fsp3) is 0.688. The van der Waals surface area contributed by atoms with Gasteiger partial charge in [0.15, 0.2) is 5.96 Å². The second-order valence-corrected chi connectivity index (χ2v) is 7.18. The number of hydrogen-bond acceptors (Lipinski definition) is 8. The molecule has 0 spiro atoms. The summed E-state index contributed by atoms with van der Waals surface area (Å²) >= 11 is 1.41. The molecule has 11 N–H and O–H groups in total. The molecule has 0 saturated heterocycles. The summed E-state index contributed by atoms with van der Waals surface area (Å²) in [5, 5.41) is 25.7. The third-order valence-electron chi connectivity index (χ3n) is 3.82. The van der Waals surface area contributed by atoms with Crippen LogP contribution < -0.4 is 33.2 Å². The van der Waals surface area contributed by atoms with E-state index in [9.17, 15) is 29.4 Å². The SMILES string of the molecule is CSCCC(NC(=O)C(CO)NC(=O)C(CCCN=C(N)N)NC(=O)CN)C(=O)O. The number of rotatable bonds is 15. The van der Waals surface area contributed by atoms with E-state index < -0.39 is 48.4 Å². The Hall–Kier alpha value is -2.58. The quantitative estimate of drug-likeness (QED) is 0.0691. The number of nitrogens with zero attached hydrogens (tertiary/aromatic N) is 1. The van der Waals surface area contributed by atoms with Crippen molar-refractivity contribution in [3.8, 4) is 0 Å². The maximum Gasteiger partial charge on any atom is 0.326 e. The van der Waals surface area contributed by atoms with E-state index in [-0.39, 0.29) is 31.9 Å². The number of hydrogen-bond donors (Lipinski definition) is 8. The van der Waals surface area contributed by atoms with Crippen molar-refractivity contribution in [2.24, 2.45) is 22.2 Å². The van der Waals surface area contributed by atoms with Gasteiger partial charge in [0.25, 0.3) is 0 Å². The number of aliphatic hydroxyl groups excluding tert-OH is 1. The van der Waals surface area contributed by atoms with Gasteiger partial charge < -0.3 is 43.4 Å². The summed E-state index contributed by atoms with van der Waals surface area (Å²) in [5.74, 6) is -3.04. The van der Waals surface area contributed by atoms with Crippen molar-refractivity contribution in [2.75, 3.05) is 31.7 Å². The third kappa shape index (κ3) is 11.4. The number of aliphatic carboxylic acids is 1. The zero-order valence-electron chi connectivity index (χ0n) is 16.8. The maximum atomic E-state index is 12.5. The number of thioether (sulfide) groups is 1. The molecule has 30 heavy (non-hydrogen) atoms. The molecule has 0 bridgehead atoms. The Morgan fingerprint density at radius 1 is 1.00 bits per heavy atom. The van der Waals surface area contributed by atoms with Gasteiger partial charge in [0.1, 0.15) is 18.1 Å². The monoisotopic (exact) mass is 449 g/mol. The fourth-order valence-electron chi connectivity index (χ4n) is 2.26. The van der Waals surface area contributed by atoms with E-state index in [1.54, 1.807) is 6.26 Å². The van der Waals surface area contributed by atoms with E-state index in [4.69, 9.17) is 17.2 Å². The third-order valence-corrected chi connectivity index (χ3v) is 4.47. The fourth-order valence-corrected chi connectivity index (χ4v) is 2.73. The van der Waals surface area contributed by atoms with Gasteiger partial charge in [-0.05, 0) is 31.3 Å². The van der Waals surface area contributed by atoms with Gasteiger partial charge in [-0.1, -0.05) is 0 Å². The van der Waals surface area contributed by atoms with Gasteiger partial charge in [0.05, 0.1) is 13.2 Å². The van der Waals surface area contributed by atoms with E-state index in [2.05, 4.69) is 20.9 Å². The lowest BCUT2D eigenvalue weighted by atomic mass is 10.1. The summed E-state index contributed by atoms with van der Waals surface area (Å²) in [7, 11) is 0. The van der Waals surface area contributed by atoms with E-state index in [1.165, 1.54) is 11.8 Å². The highest BCUT2D eigenvalue weighted by atomic mass is 32.2. The van der Waals surface area contributed by atoms with Gasteiger partial charge in [0, 0.05) is 6.54 Å². The molecular weight excluding hydrogens is 418 g/mol. The first kappa shape index (κ1) is 27.4. The molecule has 0 rings (SSSR count). The number of carbonyl (C=O) groups excluding carboxylic acids is 3. The van der Waals surface area contributed by atoms with Gasteiger partial charge in [-0.15, -0.1) is 0 Å². The first-order valence-corrected chi connectivity index (χ1v) is 10.5. The minimum Gasteiger partial charge on any atom is -0.480 e. The number of aliphatic hydroxyl groups is 1. The molecule has 3 atom stereocenters. The number of amides is 3. The van der Waals surface area contributed by atoms with Crippen molar-refractivity contribution in [1.29, 1.82) is 0 Å². The Morgan fingerprint density at radius 3 is 2.10 bits per heavy atom. The number of carbonyl (C=O) groups is 4. The average Bonchev–Trinajstić information content (AvgIpc) is 2.70. The Kier molecular flexibility index (Phi) is 14.0. The summed E-state index contributed by atoms with van der Waals surface area (Å²) in [6, 6.07) is -3.62. The van der Waals surface area contributed by atoms with E-state index >= 15 is 0 Å². The maximum absolute atomic E-state index is 12.5. The van der Waals surface area contributed by atoms with Crippen LogP contribution in [0, 0.1) is 0 Å². The van der Waals surface area contributed by atoms with Gasteiger partial charge in [-0.2, -0.15) is 11.8 Å². The number of aliphatic imine (C=N–C) groups is 1. The van der Waals surface area contributed by atoms with Gasteiger partial charge in [0.2, 0.25) is 17.7 Å². The smallest absolute Gasteiger partial charge is 0.326 e. The van der Waals surface area contributed by atoms with Crippen molar-refractivity contribution in [1.82, 2.24) is 16.0 Å². The van der Waals surface area contributed by atoms with Crippen LogP contribution in [-0.2, 0) is 19.2 Å². The molecule has 14 heteroatoms. The predicted octanol–water partition coefficient (Wildman–Crippen LogP) is -3.72. The van der Waals surface area contributed by atoms with Crippen LogP contribution in [0.25, 0.3) is 0 Å². The standard InChI is InChI=1S/C16H31N7O6S/c1-30-6-4-10(15(28)29)22-14(27)11(8-24)23-13(26)9(21-12(25)7-17)3-2-5-20-16(18)19/h9-11,24H,2-8,17H2,1H3,(H,21,25)(H,22,27)(H,23,26)(H,28,29)(H4,18,19,20). The molecule has 13 nitrogen and oxygen atoms in total. The lowest BCUT2D eigenvalue weighted by Gasteiger charge is -2.23. The molecule has 0 radical (unpaired) electrons. The van der Waals surface area contributed by atoms with Crippen molar-refractivity contribution in [2.45, 2.75) is 37.4 Å². The van der Waals surface area contributed by atoms with E-state index in [0.717, 1.165) is 0 Å². The first-order chi connectivity index (χ1) is 14.2. The Bertz CT molecular complexity index is 615. The average molecular weight is 450 g/mol. The molecule has 0 aromatic rings. The van der Waals surface area contributed by atoms with E-state index in [0.29, 0.717) is 12.2 Å². The lowest BCUT2D eigenvalue weighted by Crippen LogP contribution is -2.57. The van der Waals surface area contributed by atoms with Gasteiger partial charge in [-0.3, -0.25) is 19.4 Å². The van der Waals surface area contributed by atoms with Crippen molar-refractivity contribution in [3.63, 3.8) is 0 Å². The molecule has 0 aliphatic carbocycles. The van der Waals surface area contributed by atoms with Crippen LogP contribution >= 0.6 is 11.8 Å². The van der Waals surface area contributed by atoms with E-state index in [1.807, 2.05) is 0 Å². The minimum absolute atomic E-state index is 0.117. The summed E-state index contributed by atoms with van der Waals surface area (Å²) in [6.45, 7) is -0.903. The summed E-state index contributed by atoms with van der Waals surface area (Å²) < 4.78 is 0. The zero-order chi connectivity index (χ0) is 23.1. The molecule has 0 saturated carbocycles. The van der Waals surface area contributed by atoms with Crippen LogP contribution in [0.1, 0.15) is 19.3 Å². The van der Waals surface area contributed by atoms with Crippen molar-refractivity contribution >= 4 is 41.4 Å². The molecule has 3 amide bonds. The Morgan fingerprint density at radius 2 is 1.60 bits per heavy atom.